The van der Waals surface area contributed by atoms with Crippen LogP contribution >= 0.6 is 0 Å². The topological polar surface area (TPSA) is 205 Å². The highest BCUT2D eigenvalue weighted by Gasteiger charge is 2.39. The Balaban J connectivity index is 1.86. The van der Waals surface area contributed by atoms with Crippen molar-refractivity contribution in [1.82, 2.24) is 10.0 Å². The molecule has 2 saturated heterocycles. The van der Waals surface area contributed by atoms with Crippen LogP contribution in [-0.2, 0) is 20.0 Å². The van der Waals surface area contributed by atoms with Gasteiger partial charge in [-0.15, -0.1) is 5.11 Å². The van der Waals surface area contributed by atoms with E-state index in [2.05, 4.69) is 25.3 Å². The molecule has 1 aromatic rings. The zero-order chi connectivity index (χ0) is 23.1. The maximum absolute atomic E-state index is 13.0. The van der Waals surface area contributed by atoms with E-state index in [1.807, 2.05) is 4.90 Å². The highest BCUT2D eigenvalue weighted by molar-refractivity contribution is 7.92. The number of hydrogen-bond donors (Lipinski definition) is 5. The maximum atomic E-state index is 13.0. The normalized spacial score (nSPS) is 24.1. The summed E-state index contributed by atoms with van der Waals surface area (Å²) in [6.07, 6.45) is -1.13. The molecule has 3 atom stereocenters. The second kappa shape index (κ2) is 8.74. The number of fused-ring (bicyclic) bond motifs is 1. The number of aliphatic hydroxyl groups is 1. The number of aliphatic hydroxyl groups excluding tert-OH is 1. The first-order chi connectivity index (χ1) is 15.1. The Bertz CT molecular complexity index is 1160. The molecule has 0 amide bonds. The molecule has 3 aliphatic rings. The van der Waals surface area contributed by atoms with E-state index >= 15 is 0 Å². The van der Waals surface area contributed by atoms with Crippen LogP contribution in [0.4, 0.5) is 5.69 Å². The number of primary sulfonamides is 1. The van der Waals surface area contributed by atoms with Gasteiger partial charge in [0.15, 0.2) is 12.5 Å². The molecule has 0 aliphatic carbocycles. The van der Waals surface area contributed by atoms with Gasteiger partial charge in [-0.05, 0) is 24.0 Å². The van der Waals surface area contributed by atoms with Crippen LogP contribution in [0.2, 0.25) is 0 Å². The van der Waals surface area contributed by atoms with Gasteiger partial charge in [0.2, 0.25) is 20.0 Å². The number of nitrogens with one attached hydrogen (secondary N) is 2. The second-order valence-electron chi connectivity index (χ2n) is 8.02. The van der Waals surface area contributed by atoms with E-state index in [4.69, 9.17) is 10.9 Å². The van der Waals surface area contributed by atoms with Crippen LogP contribution < -0.4 is 25.8 Å². The summed E-state index contributed by atoms with van der Waals surface area (Å²) in [5, 5.41) is 26.2. The van der Waals surface area contributed by atoms with Gasteiger partial charge < -0.3 is 21.1 Å². The molecule has 176 valence electrons. The molecule has 0 radical (unpaired) electrons. The smallest absolute Gasteiger partial charge is 0.242 e. The summed E-state index contributed by atoms with van der Waals surface area (Å²) in [5.41, 5.74) is 5.83. The fraction of sp³-hybridized carbons (Fsp3) is 0.588. The number of nitrogens with two attached hydrogens (primary N) is 2. The summed E-state index contributed by atoms with van der Waals surface area (Å²) in [5.74, 6) is 0.810. The molecule has 3 heterocycles. The lowest BCUT2D eigenvalue weighted by molar-refractivity contribution is 0.186. The van der Waals surface area contributed by atoms with E-state index in [0.29, 0.717) is 30.6 Å². The number of hydrogen-bond acceptors (Lipinski definition) is 11. The van der Waals surface area contributed by atoms with Crippen molar-refractivity contribution in [3.63, 3.8) is 0 Å². The molecule has 0 aromatic heterocycles. The van der Waals surface area contributed by atoms with Gasteiger partial charge in [-0.25, -0.2) is 31.7 Å². The van der Waals surface area contributed by atoms with Crippen LogP contribution in [0.5, 0.6) is 0 Å². The van der Waals surface area contributed by atoms with Crippen LogP contribution in [-0.4, -0.2) is 79.8 Å². The number of amidine groups is 1. The summed E-state index contributed by atoms with van der Waals surface area (Å²) < 4.78 is 53.5. The Kier molecular flexibility index (Phi) is 6.32. The van der Waals surface area contributed by atoms with Crippen LogP contribution in [0.3, 0.4) is 0 Å². The standard InChI is InChI=1S/C17H26N8O5S2/c18-3-12(26)6-23-32(29,30)14-2-1-13(25-7-10-4-20-5-11(10)8-25)15(16(14)31(19,27)28)17-21-9-22-24-17/h1-2,10-12,20,23,26H,3-9,18H2,(H2,19,27,28)/t10-,11+,12-/m1/s1. The molecular formula is C17H26N8O5S2. The van der Waals surface area contributed by atoms with E-state index in [0.717, 1.165) is 13.1 Å². The van der Waals surface area contributed by atoms with Crippen LogP contribution in [0, 0.1) is 11.8 Å². The Morgan fingerprint density at radius 2 is 1.91 bits per heavy atom. The van der Waals surface area contributed by atoms with Crippen molar-refractivity contribution in [2.24, 2.45) is 37.9 Å². The third kappa shape index (κ3) is 4.41. The molecular weight excluding hydrogens is 460 g/mol. The fourth-order valence-electron chi connectivity index (χ4n) is 4.30. The van der Waals surface area contributed by atoms with E-state index < -0.39 is 35.9 Å². The second-order valence-corrected chi connectivity index (χ2v) is 11.3. The zero-order valence-electron chi connectivity index (χ0n) is 17.2. The molecule has 1 aromatic carbocycles. The highest BCUT2D eigenvalue weighted by Crippen LogP contribution is 2.38. The number of rotatable bonds is 8. The first-order valence-electron chi connectivity index (χ1n) is 10.1. The average molecular weight is 487 g/mol. The van der Waals surface area contributed by atoms with E-state index in [1.54, 1.807) is 6.07 Å². The van der Waals surface area contributed by atoms with Crippen molar-refractivity contribution in [2.45, 2.75) is 15.9 Å². The molecule has 0 saturated carbocycles. The van der Waals surface area contributed by atoms with Gasteiger partial charge in [0, 0.05) is 45.0 Å². The van der Waals surface area contributed by atoms with E-state index in [-0.39, 0.29) is 31.2 Å². The number of sulfonamides is 2. The molecule has 2 fully saturated rings. The predicted molar refractivity (Wildman–Crippen MR) is 116 cm³/mol. The number of nitrogens with zero attached hydrogens (tertiary/aromatic N) is 4. The van der Waals surface area contributed by atoms with Gasteiger partial charge in [0.25, 0.3) is 0 Å². The van der Waals surface area contributed by atoms with E-state index in [1.165, 1.54) is 6.07 Å². The van der Waals surface area contributed by atoms with Crippen molar-refractivity contribution in [3.8, 4) is 0 Å². The molecule has 0 spiro atoms. The lowest BCUT2D eigenvalue weighted by atomic mass is 10.0. The minimum atomic E-state index is -4.53. The van der Waals surface area contributed by atoms with Crippen molar-refractivity contribution in [1.29, 1.82) is 0 Å². The average Bonchev–Trinajstić information content (AvgIpc) is 3.47. The summed E-state index contributed by atoms with van der Waals surface area (Å²) in [6.45, 7) is 2.52. The fourth-order valence-corrected chi connectivity index (χ4v) is 6.97. The third-order valence-electron chi connectivity index (χ3n) is 5.86. The van der Waals surface area contributed by atoms with Crippen molar-refractivity contribution < 1.29 is 21.9 Å². The number of anilines is 1. The predicted octanol–water partition coefficient (Wildman–Crippen LogP) is -2.24. The number of aliphatic imine (C=N–C) groups is 1. The zero-order valence-corrected chi connectivity index (χ0v) is 18.8. The van der Waals surface area contributed by atoms with Gasteiger partial charge in [0.1, 0.15) is 9.79 Å². The minimum Gasteiger partial charge on any atom is -0.390 e. The number of benzene rings is 1. The summed E-state index contributed by atoms with van der Waals surface area (Å²) in [6, 6.07) is 2.75. The summed E-state index contributed by atoms with van der Waals surface area (Å²) in [4.78, 5) is 5.01. The Morgan fingerprint density at radius 1 is 1.22 bits per heavy atom. The lowest BCUT2D eigenvalue weighted by Gasteiger charge is -2.25. The monoisotopic (exact) mass is 486 g/mol. The summed E-state index contributed by atoms with van der Waals surface area (Å²) >= 11 is 0. The molecule has 7 N–H and O–H groups in total. The van der Waals surface area contributed by atoms with Crippen LogP contribution in [0.15, 0.2) is 37.1 Å². The maximum Gasteiger partial charge on any atom is 0.242 e. The van der Waals surface area contributed by atoms with Gasteiger partial charge in [-0.1, -0.05) is 0 Å². The molecule has 4 rings (SSSR count). The van der Waals surface area contributed by atoms with Crippen molar-refractivity contribution in [2.75, 3.05) is 50.8 Å². The molecule has 0 bridgehead atoms. The largest absolute Gasteiger partial charge is 0.390 e. The lowest BCUT2D eigenvalue weighted by Crippen LogP contribution is -2.37. The Labute approximate surface area is 186 Å². The Morgan fingerprint density at radius 3 is 2.47 bits per heavy atom. The van der Waals surface area contributed by atoms with Crippen molar-refractivity contribution in [3.05, 3.63) is 17.7 Å². The van der Waals surface area contributed by atoms with Gasteiger partial charge in [-0.2, -0.15) is 5.11 Å². The van der Waals surface area contributed by atoms with E-state index in [9.17, 15) is 21.9 Å². The molecule has 3 aliphatic heterocycles. The quantitative estimate of drug-likeness (QED) is 0.271. The molecule has 32 heavy (non-hydrogen) atoms. The number of azo groups is 1. The first-order valence-corrected chi connectivity index (χ1v) is 13.1. The molecule has 0 unspecified atom stereocenters. The third-order valence-corrected chi connectivity index (χ3v) is 8.45. The molecule has 13 nitrogen and oxygen atoms in total. The van der Waals surface area contributed by atoms with Gasteiger partial charge >= 0.3 is 0 Å². The highest BCUT2D eigenvalue weighted by atomic mass is 32.2. The Hall–Kier alpha value is -2.01. The first kappa shape index (κ1) is 23.2. The molecule has 15 heteroatoms. The van der Waals surface area contributed by atoms with Crippen LogP contribution in [0.1, 0.15) is 5.56 Å². The van der Waals surface area contributed by atoms with Crippen molar-refractivity contribution >= 4 is 31.6 Å². The van der Waals surface area contributed by atoms with Crippen LogP contribution in [0.25, 0.3) is 0 Å². The minimum absolute atomic E-state index is 0.00588. The van der Waals surface area contributed by atoms with Gasteiger partial charge in [-0.3, -0.25) is 0 Å². The summed E-state index contributed by atoms with van der Waals surface area (Å²) in [7, 11) is -8.89. The van der Waals surface area contributed by atoms with Gasteiger partial charge in [0.05, 0.1) is 11.7 Å². The SMILES string of the molecule is NC[C@@H](O)CNS(=O)(=O)c1ccc(N2C[C@H]3CNC[C@H]3C2)c(C2=NCN=N2)c1S(N)(=O)=O.